The number of rotatable bonds is 7. The molecule has 1 N–H and O–H groups in total. The number of halogens is 1. The van der Waals surface area contributed by atoms with Gasteiger partial charge in [-0.2, -0.15) is 0 Å². The van der Waals surface area contributed by atoms with Gasteiger partial charge >= 0.3 is 0 Å². The molecular weight excluding hydrogens is 357 g/mol. The summed E-state index contributed by atoms with van der Waals surface area (Å²) >= 11 is 0. The number of aliphatic hydroxyl groups is 1. The second-order valence-electron chi connectivity index (χ2n) is 7.92. The van der Waals surface area contributed by atoms with E-state index in [1.54, 1.807) is 19.2 Å². The molecule has 28 heavy (non-hydrogen) atoms. The van der Waals surface area contributed by atoms with Crippen LogP contribution in [0.3, 0.4) is 0 Å². The number of hydrogen-bond acceptors (Lipinski definition) is 4. The Kier molecular flexibility index (Phi) is 6.70. The minimum Gasteiger partial charge on any atom is -0.496 e. The Morgan fingerprint density at radius 1 is 1.14 bits per heavy atom. The number of benzene rings is 2. The van der Waals surface area contributed by atoms with Crippen LogP contribution < -0.4 is 4.74 Å². The predicted molar refractivity (Wildman–Crippen MR) is 108 cm³/mol. The van der Waals surface area contributed by atoms with Gasteiger partial charge in [0.1, 0.15) is 11.6 Å². The van der Waals surface area contributed by atoms with Crippen molar-refractivity contribution < 1.29 is 19.0 Å². The molecule has 0 unspecified atom stereocenters. The number of methoxy groups -OCH3 is 1. The molecule has 3 atom stereocenters. The highest BCUT2D eigenvalue weighted by Gasteiger charge is 2.45. The minimum atomic E-state index is -0.952. The SMILES string of the molecule is COc1ccccc1[C@@]1(O)CC[C@H](OCc2ccc(F)cc2)C[C@@H]1CN(C)C. The first-order valence-electron chi connectivity index (χ1n) is 9.79. The Hall–Kier alpha value is -1.95. The van der Waals surface area contributed by atoms with Crippen molar-refractivity contribution in [3.63, 3.8) is 0 Å². The Morgan fingerprint density at radius 2 is 1.86 bits per heavy atom. The highest BCUT2D eigenvalue weighted by molar-refractivity contribution is 5.39. The zero-order valence-corrected chi connectivity index (χ0v) is 16.9. The van der Waals surface area contributed by atoms with Crippen molar-refractivity contribution in [2.24, 2.45) is 5.92 Å². The Labute approximate surface area is 166 Å². The van der Waals surface area contributed by atoms with Crippen LogP contribution in [0.15, 0.2) is 48.5 Å². The molecule has 3 rings (SSSR count). The van der Waals surface area contributed by atoms with E-state index in [0.717, 1.165) is 36.3 Å². The Morgan fingerprint density at radius 3 is 2.54 bits per heavy atom. The summed E-state index contributed by atoms with van der Waals surface area (Å²) in [5, 5.41) is 11.7. The minimum absolute atomic E-state index is 0.0192. The van der Waals surface area contributed by atoms with E-state index >= 15 is 0 Å². The van der Waals surface area contributed by atoms with Crippen molar-refractivity contribution in [1.82, 2.24) is 4.90 Å². The lowest BCUT2D eigenvalue weighted by atomic mass is 9.70. The van der Waals surface area contributed by atoms with Gasteiger partial charge in [-0.05, 0) is 57.1 Å². The Bertz CT molecular complexity index is 765. The van der Waals surface area contributed by atoms with Gasteiger partial charge in [0.2, 0.25) is 0 Å². The van der Waals surface area contributed by atoms with Crippen LogP contribution in [0.5, 0.6) is 5.75 Å². The number of hydrogen-bond donors (Lipinski definition) is 1. The zero-order chi connectivity index (χ0) is 20.1. The smallest absolute Gasteiger partial charge is 0.124 e. The molecule has 0 saturated heterocycles. The maximum Gasteiger partial charge on any atom is 0.124 e. The summed E-state index contributed by atoms with van der Waals surface area (Å²) in [6.07, 6.45) is 2.19. The maximum absolute atomic E-state index is 13.1. The lowest BCUT2D eigenvalue weighted by Crippen LogP contribution is -2.47. The normalized spacial score (nSPS) is 25.1. The van der Waals surface area contributed by atoms with E-state index in [1.807, 2.05) is 38.4 Å². The fourth-order valence-electron chi connectivity index (χ4n) is 4.18. The van der Waals surface area contributed by atoms with E-state index in [9.17, 15) is 9.50 Å². The molecule has 1 saturated carbocycles. The molecule has 0 aromatic heterocycles. The first kappa shape index (κ1) is 20.8. The monoisotopic (exact) mass is 387 g/mol. The van der Waals surface area contributed by atoms with Crippen molar-refractivity contribution in [2.45, 2.75) is 37.6 Å². The van der Waals surface area contributed by atoms with Crippen molar-refractivity contribution >= 4 is 0 Å². The standard InChI is InChI=1S/C23H30FNO3/c1-25(2)15-18-14-20(28-16-17-8-10-19(24)11-9-17)12-13-23(18,26)21-6-4-5-7-22(21)27-3/h4-11,18,20,26H,12-16H2,1-3H3/t18-,20+,23-/m1/s1. The maximum atomic E-state index is 13.1. The van der Waals surface area contributed by atoms with Crippen LogP contribution in [0, 0.1) is 11.7 Å². The first-order valence-corrected chi connectivity index (χ1v) is 9.79. The van der Waals surface area contributed by atoms with Gasteiger partial charge in [0.25, 0.3) is 0 Å². The lowest BCUT2D eigenvalue weighted by molar-refractivity contribution is -0.111. The van der Waals surface area contributed by atoms with E-state index in [4.69, 9.17) is 9.47 Å². The van der Waals surface area contributed by atoms with Crippen molar-refractivity contribution in [2.75, 3.05) is 27.7 Å². The summed E-state index contributed by atoms with van der Waals surface area (Å²) in [5.41, 5.74) is 0.851. The quantitative estimate of drug-likeness (QED) is 0.781. The van der Waals surface area contributed by atoms with Crippen LogP contribution in [0.25, 0.3) is 0 Å². The third kappa shape index (κ3) is 4.72. The molecule has 2 aromatic carbocycles. The molecule has 1 aliphatic carbocycles. The van der Waals surface area contributed by atoms with E-state index in [2.05, 4.69) is 4.90 Å². The fraction of sp³-hybridized carbons (Fsp3) is 0.478. The summed E-state index contributed by atoms with van der Waals surface area (Å²) in [7, 11) is 5.68. The average molecular weight is 387 g/mol. The molecule has 4 nitrogen and oxygen atoms in total. The number of ether oxygens (including phenoxy) is 2. The predicted octanol–water partition coefficient (Wildman–Crippen LogP) is 3.97. The third-order valence-corrected chi connectivity index (χ3v) is 5.63. The van der Waals surface area contributed by atoms with Gasteiger partial charge in [0.15, 0.2) is 0 Å². The van der Waals surface area contributed by atoms with Crippen LogP contribution in [0.4, 0.5) is 4.39 Å². The highest BCUT2D eigenvalue weighted by atomic mass is 19.1. The number of para-hydroxylation sites is 1. The summed E-state index contributed by atoms with van der Waals surface area (Å²) < 4.78 is 24.7. The van der Waals surface area contributed by atoms with Gasteiger partial charge in [-0.1, -0.05) is 30.3 Å². The Balaban J connectivity index is 1.74. The molecule has 152 valence electrons. The van der Waals surface area contributed by atoms with E-state index in [1.165, 1.54) is 12.1 Å². The molecule has 0 spiro atoms. The van der Waals surface area contributed by atoms with Crippen molar-refractivity contribution in [1.29, 1.82) is 0 Å². The zero-order valence-electron chi connectivity index (χ0n) is 16.9. The first-order chi connectivity index (χ1) is 13.4. The molecule has 1 fully saturated rings. The summed E-state index contributed by atoms with van der Waals surface area (Å²) in [5.74, 6) is 0.500. The molecule has 1 aliphatic rings. The van der Waals surface area contributed by atoms with E-state index in [-0.39, 0.29) is 17.8 Å². The molecule has 0 aliphatic heterocycles. The van der Waals surface area contributed by atoms with Gasteiger partial charge in [0.05, 0.1) is 25.4 Å². The molecule has 0 bridgehead atoms. The van der Waals surface area contributed by atoms with Crippen LogP contribution in [0.2, 0.25) is 0 Å². The molecule has 5 heteroatoms. The van der Waals surface area contributed by atoms with Gasteiger partial charge in [-0.25, -0.2) is 4.39 Å². The summed E-state index contributed by atoms with van der Waals surface area (Å²) in [6, 6.07) is 14.1. The molecule has 0 heterocycles. The number of nitrogens with zero attached hydrogens (tertiary/aromatic N) is 1. The van der Waals surface area contributed by atoms with Crippen molar-refractivity contribution in [3.05, 3.63) is 65.5 Å². The highest BCUT2D eigenvalue weighted by Crippen LogP contribution is 2.46. The molecule has 2 aromatic rings. The van der Waals surface area contributed by atoms with Crippen LogP contribution in [-0.4, -0.2) is 43.9 Å². The topological polar surface area (TPSA) is 41.9 Å². The van der Waals surface area contributed by atoms with Gasteiger partial charge in [-0.3, -0.25) is 0 Å². The molecule has 0 amide bonds. The fourth-order valence-corrected chi connectivity index (χ4v) is 4.18. The summed E-state index contributed by atoms with van der Waals surface area (Å²) in [4.78, 5) is 2.10. The van der Waals surface area contributed by atoms with Crippen LogP contribution in [-0.2, 0) is 16.9 Å². The average Bonchev–Trinajstić information content (AvgIpc) is 2.69. The largest absolute Gasteiger partial charge is 0.496 e. The third-order valence-electron chi connectivity index (χ3n) is 5.63. The van der Waals surface area contributed by atoms with E-state index < -0.39 is 5.60 Å². The van der Waals surface area contributed by atoms with Crippen molar-refractivity contribution in [3.8, 4) is 5.75 Å². The molecule has 0 radical (unpaired) electrons. The molecular formula is C23H30FNO3. The second-order valence-corrected chi connectivity index (χ2v) is 7.92. The summed E-state index contributed by atoms with van der Waals surface area (Å²) in [6.45, 7) is 1.21. The van der Waals surface area contributed by atoms with E-state index in [0.29, 0.717) is 13.0 Å². The van der Waals surface area contributed by atoms with Crippen LogP contribution in [0.1, 0.15) is 30.4 Å². The van der Waals surface area contributed by atoms with Gasteiger partial charge in [0, 0.05) is 18.0 Å². The van der Waals surface area contributed by atoms with Gasteiger partial charge < -0.3 is 19.5 Å². The second kappa shape index (κ2) is 9.03. The van der Waals surface area contributed by atoms with Gasteiger partial charge in [-0.15, -0.1) is 0 Å². The lowest BCUT2D eigenvalue weighted by Gasteiger charge is -2.44. The van der Waals surface area contributed by atoms with Crippen LogP contribution >= 0.6 is 0 Å².